The third-order valence-electron chi connectivity index (χ3n) is 6.65. The molecular weight excluding hydrogens is 484 g/mol. The number of methoxy groups -OCH3 is 1. The third kappa shape index (κ3) is 10.3. The second kappa shape index (κ2) is 17.1. The lowest BCUT2D eigenvalue weighted by Gasteiger charge is -2.17. The van der Waals surface area contributed by atoms with Gasteiger partial charge >= 0.3 is 0 Å². The van der Waals surface area contributed by atoms with Crippen molar-refractivity contribution < 1.29 is 19.3 Å². The minimum Gasteiger partial charge on any atom is -0.497 e. The standard InChI is InChI=1S/C35H42O4/c1-4-6-8-17-31(38-26-28-15-9-7-10-16-28)18-11-12-20-34(36)32-19-13-21-35(33(32)14-5-2)39-27-29-22-24-30(37-3)25-23-29/h5,7,9-10,13,15-16,19,21-25,31,34,36H,2,4,6,8,11,14,17-18,26-27H2,1,3H3/t31-,34-/m0/s1. The summed E-state index contributed by atoms with van der Waals surface area (Å²) in [7, 11) is 1.65. The molecule has 0 spiro atoms. The molecule has 2 atom stereocenters. The minimum absolute atomic E-state index is 0.161. The Bertz CT molecular complexity index is 1170. The van der Waals surface area contributed by atoms with Crippen LogP contribution in [0.2, 0.25) is 0 Å². The van der Waals surface area contributed by atoms with Gasteiger partial charge in [0.2, 0.25) is 0 Å². The second-order valence-electron chi connectivity index (χ2n) is 9.63. The molecule has 0 amide bonds. The summed E-state index contributed by atoms with van der Waals surface area (Å²) in [6, 6.07) is 23.8. The molecule has 0 aromatic heterocycles. The molecule has 4 heteroatoms. The molecule has 206 valence electrons. The predicted octanol–water partition coefficient (Wildman–Crippen LogP) is 7.99. The van der Waals surface area contributed by atoms with Crippen LogP contribution in [0.25, 0.3) is 0 Å². The van der Waals surface area contributed by atoms with Crippen LogP contribution in [0.15, 0.2) is 85.5 Å². The smallest absolute Gasteiger partial charge is 0.140 e. The molecule has 0 unspecified atom stereocenters. The van der Waals surface area contributed by atoms with Crippen molar-refractivity contribution in [1.82, 2.24) is 0 Å². The molecule has 0 saturated heterocycles. The van der Waals surface area contributed by atoms with Gasteiger partial charge in [-0.15, -0.1) is 12.5 Å². The molecule has 0 heterocycles. The van der Waals surface area contributed by atoms with Crippen LogP contribution in [0.3, 0.4) is 0 Å². The number of allylic oxidation sites excluding steroid dienone is 1. The Kier molecular flexibility index (Phi) is 13.2. The molecule has 0 aliphatic carbocycles. The summed E-state index contributed by atoms with van der Waals surface area (Å²) in [6.45, 7) is 7.14. The zero-order valence-electron chi connectivity index (χ0n) is 23.4. The summed E-state index contributed by atoms with van der Waals surface area (Å²) >= 11 is 0. The highest BCUT2D eigenvalue weighted by Crippen LogP contribution is 2.29. The van der Waals surface area contributed by atoms with Gasteiger partial charge in [0.05, 0.1) is 19.8 Å². The average molecular weight is 527 g/mol. The van der Waals surface area contributed by atoms with Gasteiger partial charge in [-0.05, 0) is 54.2 Å². The number of ether oxygens (including phenoxy) is 3. The van der Waals surface area contributed by atoms with Crippen molar-refractivity contribution in [3.8, 4) is 23.3 Å². The lowest BCUT2D eigenvalue weighted by Crippen LogP contribution is -2.13. The fraction of sp³-hybridized carbons (Fsp3) is 0.371. The van der Waals surface area contributed by atoms with E-state index in [0.717, 1.165) is 47.5 Å². The van der Waals surface area contributed by atoms with Gasteiger partial charge < -0.3 is 19.3 Å². The van der Waals surface area contributed by atoms with E-state index in [9.17, 15) is 5.11 Å². The van der Waals surface area contributed by atoms with E-state index < -0.39 is 6.10 Å². The maximum atomic E-state index is 11.0. The number of aliphatic hydroxyl groups excluding tert-OH is 1. The molecule has 0 aliphatic heterocycles. The fourth-order valence-electron chi connectivity index (χ4n) is 4.42. The molecule has 0 bridgehead atoms. The zero-order chi connectivity index (χ0) is 27.7. The van der Waals surface area contributed by atoms with Gasteiger partial charge in [0.1, 0.15) is 24.2 Å². The Hall–Kier alpha value is -3.52. The SMILES string of the molecule is C=CCc1c(OCc2ccc(OC)cc2)cccc1[C@@H](O)C#CCC[C@H](CCCCC)OCc1ccccc1. The highest BCUT2D eigenvalue weighted by atomic mass is 16.5. The number of unbranched alkanes of at least 4 members (excludes halogenated alkanes) is 2. The quantitative estimate of drug-likeness (QED) is 0.117. The predicted molar refractivity (Wildman–Crippen MR) is 159 cm³/mol. The van der Waals surface area contributed by atoms with Crippen molar-refractivity contribution in [2.24, 2.45) is 0 Å². The molecule has 3 rings (SSSR count). The molecule has 0 radical (unpaired) electrons. The van der Waals surface area contributed by atoms with Crippen LogP contribution in [-0.4, -0.2) is 18.3 Å². The highest BCUT2D eigenvalue weighted by Gasteiger charge is 2.15. The normalized spacial score (nSPS) is 12.2. The number of rotatable bonds is 16. The van der Waals surface area contributed by atoms with Crippen LogP contribution < -0.4 is 9.47 Å². The lowest BCUT2D eigenvalue weighted by molar-refractivity contribution is 0.0288. The number of benzene rings is 3. The summed E-state index contributed by atoms with van der Waals surface area (Å²) in [5, 5.41) is 11.0. The Morgan fingerprint density at radius 3 is 2.38 bits per heavy atom. The van der Waals surface area contributed by atoms with E-state index in [-0.39, 0.29) is 6.10 Å². The topological polar surface area (TPSA) is 47.9 Å². The van der Waals surface area contributed by atoms with Crippen LogP contribution >= 0.6 is 0 Å². The van der Waals surface area contributed by atoms with Crippen molar-refractivity contribution in [3.05, 3.63) is 108 Å². The van der Waals surface area contributed by atoms with Gasteiger partial charge in [-0.3, -0.25) is 0 Å². The molecule has 4 nitrogen and oxygen atoms in total. The molecule has 3 aromatic carbocycles. The van der Waals surface area contributed by atoms with Gasteiger partial charge in [0.15, 0.2) is 0 Å². The van der Waals surface area contributed by atoms with Crippen molar-refractivity contribution in [1.29, 1.82) is 0 Å². The van der Waals surface area contributed by atoms with E-state index in [1.54, 1.807) is 7.11 Å². The van der Waals surface area contributed by atoms with Crippen molar-refractivity contribution in [2.75, 3.05) is 7.11 Å². The number of aliphatic hydroxyl groups is 1. The van der Waals surface area contributed by atoms with Crippen molar-refractivity contribution in [3.63, 3.8) is 0 Å². The first kappa shape index (κ1) is 30.0. The van der Waals surface area contributed by atoms with Gasteiger partial charge in [-0.2, -0.15) is 0 Å². The Labute approximate surface area is 234 Å². The largest absolute Gasteiger partial charge is 0.497 e. The molecule has 39 heavy (non-hydrogen) atoms. The minimum atomic E-state index is -0.895. The van der Waals surface area contributed by atoms with Crippen LogP contribution in [-0.2, 0) is 24.4 Å². The Balaban J connectivity index is 1.61. The monoisotopic (exact) mass is 526 g/mol. The number of hydrogen-bond acceptors (Lipinski definition) is 4. The molecule has 0 aliphatic rings. The first-order chi connectivity index (χ1) is 19.1. The van der Waals surface area contributed by atoms with Gasteiger partial charge in [0.25, 0.3) is 0 Å². The zero-order valence-corrected chi connectivity index (χ0v) is 23.4. The van der Waals surface area contributed by atoms with Gasteiger partial charge in [-0.1, -0.05) is 92.8 Å². The number of hydrogen-bond donors (Lipinski definition) is 1. The molecule has 0 saturated carbocycles. The maximum Gasteiger partial charge on any atom is 0.140 e. The summed E-state index contributed by atoms with van der Waals surface area (Å²) in [5.41, 5.74) is 3.89. The molecular formula is C35H42O4. The van der Waals surface area contributed by atoms with E-state index in [1.165, 1.54) is 18.4 Å². The average Bonchev–Trinajstić information content (AvgIpc) is 2.98. The summed E-state index contributed by atoms with van der Waals surface area (Å²) in [4.78, 5) is 0. The first-order valence-corrected chi connectivity index (χ1v) is 13.9. The summed E-state index contributed by atoms with van der Waals surface area (Å²) in [5.74, 6) is 7.80. The Morgan fingerprint density at radius 1 is 0.897 bits per heavy atom. The summed E-state index contributed by atoms with van der Waals surface area (Å²) in [6.07, 6.45) is 7.77. The van der Waals surface area contributed by atoms with E-state index >= 15 is 0 Å². The van der Waals surface area contributed by atoms with Crippen LogP contribution in [0, 0.1) is 11.8 Å². The molecule has 3 aromatic rings. The second-order valence-corrected chi connectivity index (χ2v) is 9.63. The van der Waals surface area contributed by atoms with Gasteiger partial charge in [0, 0.05) is 12.0 Å². The van der Waals surface area contributed by atoms with E-state index in [4.69, 9.17) is 14.2 Å². The molecule has 0 fully saturated rings. The highest BCUT2D eigenvalue weighted by molar-refractivity contribution is 5.45. The van der Waals surface area contributed by atoms with Crippen LogP contribution in [0.5, 0.6) is 11.5 Å². The van der Waals surface area contributed by atoms with E-state index in [2.05, 4.69) is 37.5 Å². The maximum absolute atomic E-state index is 11.0. The Morgan fingerprint density at radius 2 is 1.67 bits per heavy atom. The van der Waals surface area contributed by atoms with E-state index in [1.807, 2.05) is 66.7 Å². The lowest BCUT2D eigenvalue weighted by atomic mass is 9.98. The van der Waals surface area contributed by atoms with Gasteiger partial charge in [-0.25, -0.2) is 0 Å². The fourth-order valence-corrected chi connectivity index (χ4v) is 4.42. The summed E-state index contributed by atoms with van der Waals surface area (Å²) < 4.78 is 17.6. The van der Waals surface area contributed by atoms with Crippen molar-refractivity contribution in [2.45, 2.75) is 77.3 Å². The van der Waals surface area contributed by atoms with E-state index in [0.29, 0.717) is 26.1 Å². The van der Waals surface area contributed by atoms with Crippen LogP contribution in [0.4, 0.5) is 0 Å². The first-order valence-electron chi connectivity index (χ1n) is 13.9. The van der Waals surface area contributed by atoms with Crippen molar-refractivity contribution >= 4 is 0 Å². The molecule has 1 N–H and O–H groups in total. The van der Waals surface area contributed by atoms with Crippen LogP contribution in [0.1, 0.15) is 73.8 Å². The third-order valence-corrected chi connectivity index (χ3v) is 6.65.